The predicted molar refractivity (Wildman–Crippen MR) is 14.5 cm³/mol. The molecule has 0 radical (unpaired) electrons. The van der Waals surface area contributed by atoms with E-state index in [1.165, 1.54) is 0 Å². The van der Waals surface area contributed by atoms with Crippen LogP contribution in [0.4, 0.5) is 0 Å². The summed E-state index contributed by atoms with van der Waals surface area (Å²) in [5.74, 6) is 0. The van der Waals surface area contributed by atoms with Crippen molar-refractivity contribution in [1.82, 2.24) is 0 Å². The molecular weight excluding hydrogens is 118 g/mol. The van der Waals surface area contributed by atoms with Gasteiger partial charge in [-0.05, 0) is 0 Å². The van der Waals surface area contributed by atoms with Crippen LogP contribution in [-0.2, 0) is 25.7 Å². The van der Waals surface area contributed by atoms with E-state index in [9.17, 15) is 0 Å². The van der Waals surface area contributed by atoms with Gasteiger partial charge in [0.25, 0.3) is 0 Å². The molecule has 0 aromatic rings. The SMILES string of the molecule is C1C[N-]1.[O]=[Ti]=[O]. The van der Waals surface area contributed by atoms with Crippen molar-refractivity contribution in [1.29, 1.82) is 0 Å². The Hall–Kier alpha value is 0.274. The molecule has 0 spiro atoms. The summed E-state index contributed by atoms with van der Waals surface area (Å²) in [4.78, 5) is 0. The fourth-order valence-electron chi connectivity index (χ4n) is 0. The van der Waals surface area contributed by atoms with Crippen molar-refractivity contribution in [2.75, 3.05) is 13.1 Å². The van der Waals surface area contributed by atoms with Gasteiger partial charge in [-0.2, -0.15) is 13.1 Å². The molecule has 0 aromatic carbocycles. The average Bonchev–Trinajstić information content (AvgIpc) is 2.11. The van der Waals surface area contributed by atoms with Crippen LogP contribution in [0.5, 0.6) is 0 Å². The molecule has 1 saturated heterocycles. The summed E-state index contributed by atoms with van der Waals surface area (Å²) < 4.78 is 17.0. The van der Waals surface area contributed by atoms with Crippen LogP contribution in [0.15, 0.2) is 0 Å². The molecule has 3 nitrogen and oxygen atoms in total. The molecule has 0 aliphatic carbocycles. The predicted octanol–water partition coefficient (Wildman–Crippen LogP) is 0.134. The first kappa shape index (κ1) is 6.27. The molecule has 4 heteroatoms. The van der Waals surface area contributed by atoms with Gasteiger partial charge in [0, 0.05) is 0 Å². The van der Waals surface area contributed by atoms with Gasteiger partial charge in [0.1, 0.15) is 0 Å². The molecule has 0 unspecified atom stereocenters. The minimum atomic E-state index is -2.00. The average molecular weight is 122 g/mol. The molecule has 0 bridgehead atoms. The summed E-state index contributed by atoms with van der Waals surface area (Å²) in [6.45, 7) is 2.25. The third-order valence-electron chi connectivity index (χ3n) is 0.224. The van der Waals surface area contributed by atoms with Gasteiger partial charge in [-0.25, -0.2) is 0 Å². The van der Waals surface area contributed by atoms with Crippen molar-refractivity contribution in [3.63, 3.8) is 0 Å². The van der Waals surface area contributed by atoms with Gasteiger partial charge in [0.15, 0.2) is 0 Å². The summed E-state index contributed by atoms with van der Waals surface area (Å²) in [6.07, 6.45) is 0. The van der Waals surface area contributed by atoms with Crippen LogP contribution in [0.25, 0.3) is 5.32 Å². The number of rotatable bonds is 0. The molecule has 0 atom stereocenters. The molecule has 6 heavy (non-hydrogen) atoms. The van der Waals surface area contributed by atoms with Crippen LogP contribution in [-0.4, -0.2) is 13.1 Å². The maximum atomic E-state index is 8.50. The zero-order valence-corrected chi connectivity index (χ0v) is 4.74. The van der Waals surface area contributed by atoms with Crippen LogP contribution in [0.3, 0.4) is 0 Å². The molecule has 0 aromatic heterocycles. The molecule has 1 heterocycles. The van der Waals surface area contributed by atoms with Crippen LogP contribution >= 0.6 is 0 Å². The normalized spacial score (nSPS) is 13.3. The summed E-state index contributed by atoms with van der Waals surface area (Å²) in [5.41, 5.74) is 0. The van der Waals surface area contributed by atoms with E-state index in [2.05, 4.69) is 5.32 Å². The number of hydrogen-bond donors (Lipinski definition) is 0. The molecule has 1 rings (SSSR count). The standard InChI is InChI=1S/C2H4N.2O.Ti/c1-2-3-1;;;/h1-2H2;;;/q-1;;;. The Morgan fingerprint density at radius 3 is 1.50 bits per heavy atom. The first-order valence-corrected chi connectivity index (χ1v) is 2.82. The molecule has 0 amide bonds. The van der Waals surface area contributed by atoms with E-state index in [0.29, 0.717) is 0 Å². The second-order valence-electron chi connectivity index (χ2n) is 0.754. The van der Waals surface area contributed by atoms with Crippen LogP contribution in [0.2, 0.25) is 0 Å². The van der Waals surface area contributed by atoms with E-state index >= 15 is 0 Å². The molecular formula is C2H4NO2Ti-. The van der Waals surface area contributed by atoms with Gasteiger partial charge in [0.05, 0.1) is 0 Å². The first-order valence-electron chi connectivity index (χ1n) is 1.54. The van der Waals surface area contributed by atoms with Crippen LogP contribution in [0, 0.1) is 0 Å². The molecule has 34 valence electrons. The van der Waals surface area contributed by atoms with Gasteiger partial charge >= 0.3 is 25.7 Å². The van der Waals surface area contributed by atoms with Gasteiger partial charge < -0.3 is 5.32 Å². The van der Waals surface area contributed by atoms with Crippen molar-refractivity contribution in [3.8, 4) is 0 Å². The number of hydrogen-bond acceptors (Lipinski definition) is 2. The molecule has 1 fully saturated rings. The zero-order chi connectivity index (χ0) is 4.83. The fraction of sp³-hybridized carbons (Fsp3) is 1.00. The van der Waals surface area contributed by atoms with Crippen molar-refractivity contribution in [3.05, 3.63) is 5.32 Å². The molecule has 1 aliphatic heterocycles. The Kier molecular flexibility index (Phi) is 5.52. The third kappa shape index (κ3) is 28.2. The van der Waals surface area contributed by atoms with E-state index in [0.717, 1.165) is 13.1 Å². The second-order valence-corrected chi connectivity index (χ2v) is 1.01. The quantitative estimate of drug-likeness (QED) is 0.338. The van der Waals surface area contributed by atoms with Crippen molar-refractivity contribution >= 4 is 0 Å². The zero-order valence-electron chi connectivity index (χ0n) is 3.18. The Morgan fingerprint density at radius 2 is 1.50 bits per heavy atom. The van der Waals surface area contributed by atoms with Crippen molar-refractivity contribution in [2.24, 2.45) is 0 Å². The minimum absolute atomic E-state index is 1.12. The summed E-state index contributed by atoms with van der Waals surface area (Å²) in [7, 11) is 0. The van der Waals surface area contributed by atoms with Crippen LogP contribution in [0.1, 0.15) is 0 Å². The Morgan fingerprint density at radius 1 is 1.33 bits per heavy atom. The van der Waals surface area contributed by atoms with E-state index in [1.807, 2.05) is 0 Å². The topological polar surface area (TPSA) is 48.2 Å². The van der Waals surface area contributed by atoms with Crippen molar-refractivity contribution in [2.45, 2.75) is 0 Å². The van der Waals surface area contributed by atoms with Crippen molar-refractivity contribution < 1.29 is 25.7 Å². The van der Waals surface area contributed by atoms with Gasteiger partial charge in [-0.3, -0.25) is 0 Å². The first-order chi connectivity index (χ1) is 2.91. The fourth-order valence-corrected chi connectivity index (χ4v) is 0. The second kappa shape index (κ2) is 5.27. The third-order valence-corrected chi connectivity index (χ3v) is 0.224. The molecule has 1 aliphatic rings. The number of nitrogens with zero attached hydrogens (tertiary/aromatic N) is 1. The summed E-state index contributed by atoms with van der Waals surface area (Å²) >= 11 is -2.00. The maximum absolute atomic E-state index is 8.50. The monoisotopic (exact) mass is 122 g/mol. The van der Waals surface area contributed by atoms with Gasteiger partial charge in [-0.15, -0.1) is 0 Å². The van der Waals surface area contributed by atoms with E-state index in [1.54, 1.807) is 0 Å². The van der Waals surface area contributed by atoms with E-state index in [-0.39, 0.29) is 0 Å². The van der Waals surface area contributed by atoms with Gasteiger partial charge in [-0.1, -0.05) is 0 Å². The van der Waals surface area contributed by atoms with E-state index < -0.39 is 19.1 Å². The summed E-state index contributed by atoms with van der Waals surface area (Å²) in [6, 6.07) is 0. The Labute approximate surface area is 44.7 Å². The summed E-state index contributed by atoms with van der Waals surface area (Å²) in [5, 5.41) is 3.75. The molecule has 0 N–H and O–H groups in total. The molecule has 0 saturated carbocycles. The Bertz CT molecular complexity index is 53.8. The van der Waals surface area contributed by atoms with Crippen LogP contribution < -0.4 is 0 Å². The van der Waals surface area contributed by atoms with E-state index in [4.69, 9.17) is 6.65 Å². The van der Waals surface area contributed by atoms with Gasteiger partial charge in [0.2, 0.25) is 0 Å². The Balaban J connectivity index is 0.0000000833.